The molecule has 1 aromatic rings. The van der Waals surface area contributed by atoms with Crippen LogP contribution in [0.25, 0.3) is 0 Å². The number of hydrogen-bond acceptors (Lipinski definition) is 4. The first-order valence-electron chi connectivity index (χ1n) is 7.78. The number of β-amino-alcohol motifs (C(OH)–C–C–N with tert-alkyl or cyclic N) is 1. The van der Waals surface area contributed by atoms with Crippen LogP contribution < -0.4 is 5.32 Å². The highest BCUT2D eigenvalue weighted by atomic mass is 16.3. The molecule has 5 heteroatoms. The summed E-state index contributed by atoms with van der Waals surface area (Å²) in [5.74, 6) is 0.130. The Morgan fingerprint density at radius 1 is 1.24 bits per heavy atom. The van der Waals surface area contributed by atoms with Gasteiger partial charge in [-0.2, -0.15) is 0 Å². The monoisotopic (exact) mass is 289 g/mol. The molecule has 5 nitrogen and oxygen atoms in total. The van der Waals surface area contributed by atoms with Gasteiger partial charge in [-0.05, 0) is 24.5 Å². The topological polar surface area (TPSA) is 55.8 Å². The largest absolute Gasteiger partial charge is 0.395 e. The fourth-order valence-electron chi connectivity index (χ4n) is 3.17. The number of fused-ring (bicyclic) bond motifs is 1. The Labute approximate surface area is 125 Å². The van der Waals surface area contributed by atoms with E-state index in [0.717, 1.165) is 56.8 Å². The van der Waals surface area contributed by atoms with Gasteiger partial charge in [0.25, 0.3) is 5.91 Å². The Morgan fingerprint density at radius 2 is 2.05 bits per heavy atom. The summed E-state index contributed by atoms with van der Waals surface area (Å²) in [4.78, 5) is 16.9. The van der Waals surface area contributed by atoms with E-state index >= 15 is 0 Å². The highest BCUT2D eigenvalue weighted by Gasteiger charge is 2.25. The average Bonchev–Trinajstić information content (AvgIpc) is 2.55. The van der Waals surface area contributed by atoms with Crippen LogP contribution in [0, 0.1) is 0 Å². The van der Waals surface area contributed by atoms with Gasteiger partial charge in [0.15, 0.2) is 0 Å². The molecular formula is C16H23N3O2. The van der Waals surface area contributed by atoms with Crippen LogP contribution >= 0.6 is 0 Å². The first-order valence-corrected chi connectivity index (χ1v) is 7.78. The number of piperazine rings is 1. The third kappa shape index (κ3) is 3.04. The van der Waals surface area contributed by atoms with Crippen molar-refractivity contribution in [3.63, 3.8) is 0 Å². The van der Waals surface area contributed by atoms with Crippen LogP contribution in [0.2, 0.25) is 0 Å². The van der Waals surface area contributed by atoms with E-state index in [1.807, 2.05) is 17.0 Å². The summed E-state index contributed by atoms with van der Waals surface area (Å²) in [5, 5.41) is 12.4. The summed E-state index contributed by atoms with van der Waals surface area (Å²) >= 11 is 0. The van der Waals surface area contributed by atoms with Gasteiger partial charge in [-0.1, -0.05) is 12.1 Å². The molecular weight excluding hydrogens is 266 g/mol. The van der Waals surface area contributed by atoms with Gasteiger partial charge in [-0.15, -0.1) is 0 Å². The van der Waals surface area contributed by atoms with Gasteiger partial charge in [-0.25, -0.2) is 0 Å². The molecule has 2 aliphatic heterocycles. The lowest BCUT2D eigenvalue weighted by Crippen LogP contribution is -2.49. The standard InChI is InChI=1S/C16H23N3O2/c20-12-11-18-7-9-19(10-8-18)16(21)14-5-1-3-13-4-2-6-17-15(13)14/h1,3,5,17,20H,2,4,6-12H2. The van der Waals surface area contributed by atoms with Gasteiger partial charge in [-0.3, -0.25) is 9.69 Å². The summed E-state index contributed by atoms with van der Waals surface area (Å²) in [6.07, 6.45) is 2.18. The predicted octanol–water partition coefficient (Wildman–Crippen LogP) is 0.795. The zero-order chi connectivity index (χ0) is 14.7. The van der Waals surface area contributed by atoms with Gasteiger partial charge < -0.3 is 15.3 Å². The molecule has 0 spiro atoms. The lowest BCUT2D eigenvalue weighted by Gasteiger charge is -2.35. The van der Waals surface area contributed by atoms with Gasteiger partial charge in [0.05, 0.1) is 17.9 Å². The third-order valence-electron chi connectivity index (χ3n) is 4.38. The van der Waals surface area contributed by atoms with Crippen molar-refractivity contribution in [1.29, 1.82) is 0 Å². The molecule has 0 atom stereocenters. The molecule has 0 aliphatic carbocycles. The van der Waals surface area contributed by atoms with E-state index in [1.54, 1.807) is 0 Å². The lowest BCUT2D eigenvalue weighted by atomic mass is 9.98. The fraction of sp³-hybridized carbons (Fsp3) is 0.562. The molecule has 2 N–H and O–H groups in total. The summed E-state index contributed by atoms with van der Waals surface area (Å²) in [6, 6.07) is 6.03. The number of rotatable bonds is 3. The van der Waals surface area contributed by atoms with Crippen molar-refractivity contribution in [2.24, 2.45) is 0 Å². The number of aliphatic hydroxyl groups is 1. The zero-order valence-electron chi connectivity index (χ0n) is 12.3. The average molecular weight is 289 g/mol. The van der Waals surface area contributed by atoms with Crippen molar-refractivity contribution in [3.8, 4) is 0 Å². The molecule has 0 unspecified atom stereocenters. The normalized spacial score (nSPS) is 19.0. The molecule has 2 aliphatic rings. The fourth-order valence-corrected chi connectivity index (χ4v) is 3.17. The minimum absolute atomic E-state index is 0.130. The third-order valence-corrected chi connectivity index (χ3v) is 4.38. The number of aryl methyl sites for hydroxylation is 1. The summed E-state index contributed by atoms with van der Waals surface area (Å²) < 4.78 is 0. The second-order valence-electron chi connectivity index (χ2n) is 5.73. The summed E-state index contributed by atoms with van der Waals surface area (Å²) in [5.41, 5.74) is 3.10. The van der Waals surface area contributed by atoms with Crippen LogP contribution in [0.15, 0.2) is 18.2 Å². The number of benzene rings is 1. The van der Waals surface area contributed by atoms with Gasteiger partial charge in [0.2, 0.25) is 0 Å². The highest BCUT2D eigenvalue weighted by Crippen LogP contribution is 2.27. The second-order valence-corrected chi connectivity index (χ2v) is 5.73. The molecule has 1 fully saturated rings. The first-order chi connectivity index (χ1) is 10.3. The predicted molar refractivity (Wildman–Crippen MR) is 82.7 cm³/mol. The van der Waals surface area contributed by atoms with Crippen LogP contribution in [-0.4, -0.2) is 66.7 Å². The molecule has 1 amide bonds. The molecule has 21 heavy (non-hydrogen) atoms. The number of nitrogens with zero attached hydrogens (tertiary/aromatic N) is 2. The molecule has 0 saturated carbocycles. The zero-order valence-corrected chi connectivity index (χ0v) is 12.3. The maximum atomic E-state index is 12.8. The summed E-state index contributed by atoms with van der Waals surface area (Å²) in [7, 11) is 0. The number of anilines is 1. The van der Waals surface area contributed by atoms with Crippen molar-refractivity contribution in [3.05, 3.63) is 29.3 Å². The van der Waals surface area contributed by atoms with Crippen molar-refractivity contribution in [1.82, 2.24) is 9.80 Å². The number of aliphatic hydroxyl groups excluding tert-OH is 1. The Kier molecular flexibility index (Phi) is 4.41. The van der Waals surface area contributed by atoms with Crippen LogP contribution in [0.5, 0.6) is 0 Å². The Bertz CT molecular complexity index is 510. The molecule has 0 bridgehead atoms. The van der Waals surface area contributed by atoms with Crippen molar-refractivity contribution < 1.29 is 9.90 Å². The number of amides is 1. The van der Waals surface area contributed by atoms with E-state index < -0.39 is 0 Å². The smallest absolute Gasteiger partial charge is 0.256 e. The molecule has 1 aromatic carbocycles. The Balaban J connectivity index is 1.72. The molecule has 0 aromatic heterocycles. The van der Waals surface area contributed by atoms with Crippen LogP contribution in [0.1, 0.15) is 22.3 Å². The van der Waals surface area contributed by atoms with E-state index in [0.29, 0.717) is 6.54 Å². The molecule has 2 heterocycles. The first kappa shape index (κ1) is 14.4. The number of carbonyl (C=O) groups excluding carboxylic acids is 1. The van der Waals surface area contributed by atoms with Crippen molar-refractivity contribution in [2.45, 2.75) is 12.8 Å². The van der Waals surface area contributed by atoms with Gasteiger partial charge in [0, 0.05) is 39.3 Å². The molecule has 1 saturated heterocycles. The molecule has 3 rings (SSSR count). The molecule has 0 radical (unpaired) electrons. The maximum Gasteiger partial charge on any atom is 0.256 e. The maximum absolute atomic E-state index is 12.8. The van der Waals surface area contributed by atoms with Gasteiger partial charge in [0.1, 0.15) is 0 Å². The van der Waals surface area contributed by atoms with E-state index in [2.05, 4.69) is 16.3 Å². The van der Waals surface area contributed by atoms with E-state index in [1.165, 1.54) is 5.56 Å². The second kappa shape index (κ2) is 6.45. The highest BCUT2D eigenvalue weighted by molar-refractivity contribution is 6.00. The minimum Gasteiger partial charge on any atom is -0.395 e. The van der Waals surface area contributed by atoms with Crippen LogP contribution in [0.4, 0.5) is 5.69 Å². The number of hydrogen-bond donors (Lipinski definition) is 2. The number of para-hydroxylation sites is 1. The Morgan fingerprint density at radius 3 is 2.81 bits per heavy atom. The molecule has 114 valence electrons. The Hall–Kier alpha value is -1.59. The lowest BCUT2D eigenvalue weighted by molar-refractivity contribution is 0.0616. The van der Waals surface area contributed by atoms with E-state index in [9.17, 15) is 4.79 Å². The minimum atomic E-state index is 0.130. The van der Waals surface area contributed by atoms with Crippen LogP contribution in [-0.2, 0) is 6.42 Å². The van der Waals surface area contributed by atoms with Crippen molar-refractivity contribution >= 4 is 11.6 Å². The summed E-state index contributed by atoms with van der Waals surface area (Å²) in [6.45, 7) is 4.99. The SMILES string of the molecule is O=C(c1cccc2c1NCCC2)N1CCN(CCO)CC1. The quantitative estimate of drug-likeness (QED) is 0.864. The number of carbonyl (C=O) groups is 1. The number of nitrogens with one attached hydrogen (secondary N) is 1. The van der Waals surface area contributed by atoms with Gasteiger partial charge >= 0.3 is 0 Å². The van der Waals surface area contributed by atoms with Crippen LogP contribution in [0.3, 0.4) is 0 Å². The van der Waals surface area contributed by atoms with E-state index in [-0.39, 0.29) is 12.5 Å². The van der Waals surface area contributed by atoms with E-state index in [4.69, 9.17) is 5.11 Å². The van der Waals surface area contributed by atoms with Crippen molar-refractivity contribution in [2.75, 3.05) is 51.2 Å².